The van der Waals surface area contributed by atoms with Crippen LogP contribution in [0.5, 0.6) is 5.75 Å². The number of rotatable bonds is 10. The molecule has 35 heavy (non-hydrogen) atoms. The van der Waals surface area contributed by atoms with Gasteiger partial charge in [-0.1, -0.05) is 43.0 Å². The van der Waals surface area contributed by atoms with Crippen molar-refractivity contribution in [2.75, 3.05) is 13.1 Å². The van der Waals surface area contributed by atoms with Crippen LogP contribution in [-0.2, 0) is 24.7 Å². The molecule has 0 saturated carbocycles. The summed E-state index contributed by atoms with van der Waals surface area (Å²) in [6.45, 7) is 7.15. The van der Waals surface area contributed by atoms with Crippen molar-refractivity contribution in [3.05, 3.63) is 66.2 Å². The van der Waals surface area contributed by atoms with Crippen LogP contribution in [0.3, 0.4) is 0 Å². The molecule has 1 amide bonds. The molecule has 0 spiro atoms. The molecular weight excluding hydrogens is 444 g/mol. The SMILES string of the molecule is C=C(C)C(=O)NCCCNC(C=O)(C=O)c1cc(OC(C)=O)c2ccc3cccc4ccc1c2c34. The average Bonchev–Trinajstić information content (AvgIpc) is 2.85. The van der Waals surface area contributed by atoms with E-state index in [0.29, 0.717) is 42.1 Å². The Labute approximate surface area is 202 Å². The van der Waals surface area contributed by atoms with E-state index in [0.717, 1.165) is 26.9 Å². The molecule has 0 aromatic heterocycles. The number of ether oxygens (including phenoxy) is 1. The highest BCUT2D eigenvalue weighted by Crippen LogP contribution is 2.42. The maximum Gasteiger partial charge on any atom is 0.308 e. The maximum absolute atomic E-state index is 12.4. The quantitative estimate of drug-likeness (QED) is 0.0696. The summed E-state index contributed by atoms with van der Waals surface area (Å²) in [6, 6.07) is 15.2. The summed E-state index contributed by atoms with van der Waals surface area (Å²) < 4.78 is 5.53. The number of benzene rings is 4. The molecule has 7 nitrogen and oxygen atoms in total. The molecule has 2 N–H and O–H groups in total. The maximum atomic E-state index is 12.4. The average molecular weight is 471 g/mol. The molecule has 4 aromatic carbocycles. The largest absolute Gasteiger partial charge is 0.426 e. The van der Waals surface area contributed by atoms with Crippen molar-refractivity contribution < 1.29 is 23.9 Å². The molecule has 0 aliphatic heterocycles. The van der Waals surface area contributed by atoms with E-state index in [1.807, 2.05) is 42.5 Å². The first kappa shape index (κ1) is 24.0. The smallest absolute Gasteiger partial charge is 0.308 e. The number of aldehydes is 2. The van der Waals surface area contributed by atoms with E-state index in [2.05, 4.69) is 17.2 Å². The van der Waals surface area contributed by atoms with Crippen molar-refractivity contribution in [1.82, 2.24) is 10.6 Å². The third-order valence-electron chi connectivity index (χ3n) is 6.12. The van der Waals surface area contributed by atoms with Crippen LogP contribution in [0.4, 0.5) is 0 Å². The Hall–Kier alpha value is -4.10. The van der Waals surface area contributed by atoms with Gasteiger partial charge in [-0.15, -0.1) is 0 Å². The highest BCUT2D eigenvalue weighted by atomic mass is 16.5. The Bertz CT molecular complexity index is 1450. The molecule has 0 aliphatic carbocycles. The van der Waals surface area contributed by atoms with Gasteiger partial charge < -0.3 is 19.6 Å². The van der Waals surface area contributed by atoms with E-state index < -0.39 is 11.5 Å². The normalized spacial score (nSPS) is 11.6. The zero-order valence-electron chi connectivity index (χ0n) is 19.6. The van der Waals surface area contributed by atoms with E-state index in [1.54, 1.807) is 13.0 Å². The zero-order chi connectivity index (χ0) is 25.2. The molecule has 0 saturated heterocycles. The molecule has 178 valence electrons. The van der Waals surface area contributed by atoms with Gasteiger partial charge in [-0.25, -0.2) is 0 Å². The molecule has 0 bridgehead atoms. The highest BCUT2D eigenvalue weighted by Gasteiger charge is 2.34. The van der Waals surface area contributed by atoms with Gasteiger partial charge in [0.25, 0.3) is 0 Å². The molecule has 0 aliphatic rings. The zero-order valence-corrected chi connectivity index (χ0v) is 19.6. The number of amides is 1. The van der Waals surface area contributed by atoms with Gasteiger partial charge in [-0.05, 0) is 59.1 Å². The van der Waals surface area contributed by atoms with Crippen molar-refractivity contribution in [2.24, 2.45) is 0 Å². The van der Waals surface area contributed by atoms with Gasteiger partial charge in [0.05, 0.1) is 0 Å². The third kappa shape index (κ3) is 4.38. The van der Waals surface area contributed by atoms with Gasteiger partial charge in [0, 0.05) is 29.8 Å². The molecule has 0 unspecified atom stereocenters. The summed E-state index contributed by atoms with van der Waals surface area (Å²) in [5.41, 5.74) is -0.870. The second-order valence-electron chi connectivity index (χ2n) is 8.62. The first-order valence-corrected chi connectivity index (χ1v) is 11.3. The number of esters is 1. The van der Waals surface area contributed by atoms with Crippen molar-refractivity contribution in [3.63, 3.8) is 0 Å². The van der Waals surface area contributed by atoms with Gasteiger partial charge in [-0.2, -0.15) is 0 Å². The fourth-order valence-corrected chi connectivity index (χ4v) is 4.45. The lowest BCUT2D eigenvalue weighted by Gasteiger charge is -2.27. The van der Waals surface area contributed by atoms with Crippen LogP contribution < -0.4 is 15.4 Å². The summed E-state index contributed by atoms with van der Waals surface area (Å²) in [4.78, 5) is 48.5. The van der Waals surface area contributed by atoms with Gasteiger partial charge >= 0.3 is 5.97 Å². The number of carbonyl (C=O) groups is 4. The second kappa shape index (κ2) is 9.64. The third-order valence-corrected chi connectivity index (χ3v) is 6.12. The van der Waals surface area contributed by atoms with Crippen LogP contribution in [0.25, 0.3) is 32.3 Å². The summed E-state index contributed by atoms with van der Waals surface area (Å²) in [7, 11) is 0. The number of hydrogen-bond donors (Lipinski definition) is 2. The van der Waals surface area contributed by atoms with Gasteiger partial charge in [-0.3, -0.25) is 14.9 Å². The minimum absolute atomic E-state index is 0.250. The van der Waals surface area contributed by atoms with Crippen molar-refractivity contribution >= 4 is 56.8 Å². The van der Waals surface area contributed by atoms with Gasteiger partial charge in [0.15, 0.2) is 18.1 Å². The first-order valence-electron chi connectivity index (χ1n) is 11.3. The summed E-state index contributed by atoms with van der Waals surface area (Å²) in [5, 5.41) is 11.0. The lowest BCUT2D eigenvalue weighted by Crippen LogP contribution is -2.46. The van der Waals surface area contributed by atoms with Gasteiger partial charge in [0.1, 0.15) is 5.75 Å². The molecule has 0 atom stereocenters. The molecule has 0 fully saturated rings. The second-order valence-corrected chi connectivity index (χ2v) is 8.62. The predicted octanol–water partition coefficient (Wildman–Crippen LogP) is 3.77. The van der Waals surface area contributed by atoms with Crippen molar-refractivity contribution in [1.29, 1.82) is 0 Å². The number of hydrogen-bond acceptors (Lipinski definition) is 6. The van der Waals surface area contributed by atoms with E-state index >= 15 is 0 Å². The Morgan fingerprint density at radius 1 is 0.943 bits per heavy atom. The van der Waals surface area contributed by atoms with Crippen molar-refractivity contribution in [3.8, 4) is 5.75 Å². The topological polar surface area (TPSA) is 102 Å². The molecule has 7 heteroatoms. The molecule has 0 radical (unpaired) electrons. The fourth-order valence-electron chi connectivity index (χ4n) is 4.45. The summed E-state index contributed by atoms with van der Waals surface area (Å²) in [6.07, 6.45) is 1.61. The molecule has 0 heterocycles. The highest BCUT2D eigenvalue weighted by molar-refractivity contribution is 6.25. The Balaban J connectivity index is 1.82. The van der Waals surface area contributed by atoms with Crippen LogP contribution >= 0.6 is 0 Å². The molecule has 4 rings (SSSR count). The van der Waals surface area contributed by atoms with Crippen LogP contribution in [0, 0.1) is 0 Å². The molecule has 4 aromatic rings. The lowest BCUT2D eigenvalue weighted by atomic mass is 9.84. The monoisotopic (exact) mass is 470 g/mol. The van der Waals surface area contributed by atoms with Crippen LogP contribution in [0.1, 0.15) is 25.8 Å². The van der Waals surface area contributed by atoms with Crippen LogP contribution in [0.15, 0.2) is 60.7 Å². The standard InChI is InChI=1S/C28H26N2O5/c1-17(2)27(34)29-12-5-13-30-28(15-31,16-32)23-14-24(35-18(3)33)22-11-9-20-7-4-6-19-8-10-21(23)26(22)25(19)20/h4,6-11,14-16,30H,1,5,12-13H2,2-3H3,(H,29,34). The minimum Gasteiger partial charge on any atom is -0.426 e. The first-order chi connectivity index (χ1) is 16.8. The predicted molar refractivity (Wildman–Crippen MR) is 136 cm³/mol. The van der Waals surface area contributed by atoms with E-state index in [1.165, 1.54) is 6.92 Å². The van der Waals surface area contributed by atoms with Crippen molar-refractivity contribution in [2.45, 2.75) is 25.8 Å². The summed E-state index contributed by atoms with van der Waals surface area (Å²) in [5.74, 6) is -0.475. The lowest BCUT2D eigenvalue weighted by molar-refractivity contribution is -0.131. The Morgan fingerprint density at radius 3 is 2.20 bits per heavy atom. The summed E-state index contributed by atoms with van der Waals surface area (Å²) >= 11 is 0. The Kier molecular flexibility index (Phi) is 6.62. The minimum atomic E-state index is -1.67. The fraction of sp³-hybridized carbons (Fsp3) is 0.214. The Morgan fingerprint density at radius 2 is 1.60 bits per heavy atom. The van der Waals surface area contributed by atoms with E-state index in [9.17, 15) is 19.2 Å². The molecular formula is C28H26N2O5. The van der Waals surface area contributed by atoms with Crippen LogP contribution in [-0.4, -0.2) is 37.5 Å². The van der Waals surface area contributed by atoms with Gasteiger partial charge in [0.2, 0.25) is 5.91 Å². The van der Waals surface area contributed by atoms with E-state index in [4.69, 9.17) is 4.74 Å². The number of carbonyl (C=O) groups excluding carboxylic acids is 4. The van der Waals surface area contributed by atoms with Crippen LogP contribution in [0.2, 0.25) is 0 Å². The van der Waals surface area contributed by atoms with E-state index in [-0.39, 0.29) is 18.2 Å². The number of nitrogens with one attached hydrogen (secondary N) is 2.